The van der Waals surface area contributed by atoms with E-state index >= 15 is 0 Å². The van der Waals surface area contributed by atoms with Crippen molar-refractivity contribution in [2.45, 2.75) is 19.3 Å². The lowest BCUT2D eigenvalue weighted by Crippen LogP contribution is -2.01. The van der Waals surface area contributed by atoms with E-state index in [1.165, 1.54) is 29.1 Å². The average Bonchev–Trinajstić information content (AvgIpc) is 2.85. The monoisotopic (exact) mass is 330 g/mol. The zero-order valence-electron chi connectivity index (χ0n) is 11.6. The summed E-state index contributed by atoms with van der Waals surface area (Å²) in [6.45, 7) is 0. The minimum Gasteiger partial charge on any atom is -0.253 e. The number of benzene rings is 1. The fourth-order valence-electron chi connectivity index (χ4n) is 1.88. The summed E-state index contributed by atoms with van der Waals surface area (Å²) in [7, 11) is -2.43. The minimum absolute atomic E-state index is 0.254. The van der Waals surface area contributed by atoms with E-state index < -0.39 is 15.5 Å². The maximum absolute atomic E-state index is 13.7. The zero-order valence-corrected chi connectivity index (χ0v) is 13.1. The van der Waals surface area contributed by atoms with Gasteiger partial charge in [0.15, 0.2) is 0 Å². The summed E-state index contributed by atoms with van der Waals surface area (Å²) in [6, 6.07) is 4.24. The molecule has 2 aromatic rings. The molecule has 0 saturated heterocycles. The van der Waals surface area contributed by atoms with Crippen molar-refractivity contribution in [2.75, 3.05) is 12.0 Å². The lowest BCUT2D eigenvalue weighted by molar-refractivity contribution is 0.607. The Hall–Kier alpha value is -1.47. The number of nitrogens with one attached hydrogen (secondary N) is 1. The molecule has 1 unspecified atom stereocenters. The van der Waals surface area contributed by atoms with Gasteiger partial charge in [-0.3, -0.25) is 8.99 Å². The van der Waals surface area contributed by atoms with Crippen LogP contribution in [0.4, 0.5) is 4.39 Å². The number of halogens is 2. The van der Waals surface area contributed by atoms with Gasteiger partial charge >= 0.3 is 0 Å². The Morgan fingerprint density at radius 2 is 2.19 bits per heavy atom. The molecular formula is C13H16ClFN4OS. The third-order valence-corrected chi connectivity index (χ3v) is 4.22. The zero-order chi connectivity index (χ0) is 15.5. The van der Waals surface area contributed by atoms with Gasteiger partial charge in [0.2, 0.25) is 0 Å². The van der Waals surface area contributed by atoms with E-state index in [0.29, 0.717) is 23.6 Å². The molecule has 0 aliphatic carbocycles. The van der Waals surface area contributed by atoms with E-state index in [1.54, 1.807) is 6.20 Å². The molecule has 0 saturated carbocycles. The van der Waals surface area contributed by atoms with Gasteiger partial charge in [-0.15, -0.1) is 5.10 Å². The summed E-state index contributed by atoms with van der Waals surface area (Å²) in [5, 5.41) is 8.30. The van der Waals surface area contributed by atoms with E-state index in [-0.39, 0.29) is 5.69 Å². The van der Waals surface area contributed by atoms with Crippen LogP contribution in [0.2, 0.25) is 5.02 Å². The molecule has 114 valence electrons. The van der Waals surface area contributed by atoms with Gasteiger partial charge < -0.3 is 0 Å². The highest BCUT2D eigenvalue weighted by molar-refractivity contribution is 7.91. The molecule has 0 spiro atoms. The van der Waals surface area contributed by atoms with Crippen LogP contribution in [0.15, 0.2) is 24.4 Å². The van der Waals surface area contributed by atoms with Gasteiger partial charge in [0.25, 0.3) is 0 Å². The maximum atomic E-state index is 13.7. The van der Waals surface area contributed by atoms with Crippen molar-refractivity contribution in [1.82, 2.24) is 15.0 Å². The van der Waals surface area contributed by atoms with E-state index in [0.717, 1.165) is 12.1 Å². The van der Waals surface area contributed by atoms with E-state index in [9.17, 15) is 8.60 Å². The molecule has 8 heteroatoms. The molecule has 5 nitrogen and oxygen atoms in total. The summed E-state index contributed by atoms with van der Waals surface area (Å²) in [6.07, 6.45) is 5.19. The number of hydrogen-bond acceptors (Lipinski definition) is 4. The van der Waals surface area contributed by atoms with Crippen LogP contribution < -0.4 is 0 Å². The molecule has 0 aliphatic heterocycles. The number of unbranched alkanes of at least 4 members (excludes halogenated alkanes) is 1. The molecule has 1 aromatic heterocycles. The van der Waals surface area contributed by atoms with Gasteiger partial charge in [-0.05, 0) is 37.5 Å². The van der Waals surface area contributed by atoms with Crippen LogP contribution in [0.3, 0.4) is 0 Å². The highest BCUT2D eigenvalue weighted by Crippen LogP contribution is 2.18. The lowest BCUT2D eigenvalue weighted by atomic mass is 10.2. The topological polar surface area (TPSA) is 71.6 Å². The maximum Gasteiger partial charge on any atom is 0.149 e. The Bertz CT molecular complexity index is 730. The normalized spacial score (nSPS) is 14.0. The van der Waals surface area contributed by atoms with Crippen LogP contribution in [0.1, 0.15) is 18.5 Å². The number of nitrogens with zero attached hydrogens (tertiary/aromatic N) is 3. The molecule has 1 atom stereocenters. The highest BCUT2D eigenvalue weighted by atomic mass is 35.5. The fraction of sp³-hybridized carbons (Fsp3) is 0.385. The summed E-state index contributed by atoms with van der Waals surface area (Å²) in [5.74, 6) is -0.0416. The molecule has 0 fully saturated rings. The fourth-order valence-corrected chi connectivity index (χ4v) is 2.80. The van der Waals surface area contributed by atoms with Crippen molar-refractivity contribution in [1.29, 1.82) is 4.78 Å². The average molecular weight is 331 g/mol. The summed E-state index contributed by atoms with van der Waals surface area (Å²) < 4.78 is 33.6. The molecule has 1 aromatic carbocycles. The van der Waals surface area contributed by atoms with Crippen LogP contribution in [0.25, 0.3) is 5.69 Å². The molecule has 0 radical (unpaired) electrons. The van der Waals surface area contributed by atoms with Crippen LogP contribution in [-0.4, -0.2) is 31.2 Å². The molecule has 1 N–H and O–H groups in total. The molecule has 1 heterocycles. The van der Waals surface area contributed by atoms with Crippen molar-refractivity contribution in [3.63, 3.8) is 0 Å². The van der Waals surface area contributed by atoms with Gasteiger partial charge in [-0.1, -0.05) is 16.8 Å². The highest BCUT2D eigenvalue weighted by Gasteiger charge is 2.08. The second-order valence-corrected chi connectivity index (χ2v) is 7.77. The largest absolute Gasteiger partial charge is 0.253 e. The predicted molar refractivity (Wildman–Crippen MR) is 80.9 cm³/mol. The predicted octanol–water partition coefficient (Wildman–Crippen LogP) is 3.06. The Balaban J connectivity index is 2.00. The first-order valence-electron chi connectivity index (χ1n) is 6.43. The van der Waals surface area contributed by atoms with Crippen molar-refractivity contribution < 1.29 is 8.60 Å². The summed E-state index contributed by atoms with van der Waals surface area (Å²) in [4.78, 5) is 0. The standard InChI is InChI=1S/C13H16ClFN4OS/c1-21(16,20)7-3-2-4-11-9-19(18-17-11)13-8-10(14)5-6-12(13)15/h5-6,8-9,16H,2-4,7H2,1H3. The van der Waals surface area contributed by atoms with E-state index in [2.05, 4.69) is 10.3 Å². The molecular weight excluding hydrogens is 315 g/mol. The molecule has 0 bridgehead atoms. The second-order valence-electron chi connectivity index (χ2n) is 4.92. The minimum atomic E-state index is -2.43. The Kier molecular flexibility index (Phi) is 4.95. The van der Waals surface area contributed by atoms with Crippen molar-refractivity contribution in [3.8, 4) is 5.69 Å². The van der Waals surface area contributed by atoms with E-state index in [1.807, 2.05) is 0 Å². The summed E-state index contributed by atoms with van der Waals surface area (Å²) >= 11 is 5.85. The van der Waals surface area contributed by atoms with Crippen molar-refractivity contribution in [2.24, 2.45) is 0 Å². The van der Waals surface area contributed by atoms with Gasteiger partial charge in [0.05, 0.1) is 11.9 Å². The van der Waals surface area contributed by atoms with Crippen molar-refractivity contribution in [3.05, 3.63) is 40.9 Å². The number of aryl methyl sites for hydroxylation is 1. The first-order chi connectivity index (χ1) is 9.85. The van der Waals surface area contributed by atoms with Crippen LogP contribution >= 0.6 is 11.6 Å². The lowest BCUT2D eigenvalue weighted by Gasteiger charge is -2.02. The Labute approximate surface area is 128 Å². The second kappa shape index (κ2) is 6.53. The van der Waals surface area contributed by atoms with Gasteiger partial charge in [-0.2, -0.15) is 0 Å². The molecule has 0 aliphatic rings. The van der Waals surface area contributed by atoms with Crippen LogP contribution in [0, 0.1) is 10.6 Å². The smallest absolute Gasteiger partial charge is 0.149 e. The number of aromatic nitrogens is 3. The molecule has 2 rings (SSSR count). The molecule has 21 heavy (non-hydrogen) atoms. The third kappa shape index (κ3) is 4.78. The number of rotatable bonds is 6. The van der Waals surface area contributed by atoms with Gasteiger partial charge in [0, 0.05) is 26.8 Å². The summed E-state index contributed by atoms with van der Waals surface area (Å²) in [5.41, 5.74) is 0.978. The first kappa shape index (κ1) is 15.9. The van der Waals surface area contributed by atoms with Gasteiger partial charge in [0.1, 0.15) is 11.5 Å². The Morgan fingerprint density at radius 1 is 1.43 bits per heavy atom. The van der Waals surface area contributed by atoms with Crippen molar-refractivity contribution >= 4 is 21.3 Å². The van der Waals surface area contributed by atoms with E-state index in [4.69, 9.17) is 16.4 Å². The van der Waals surface area contributed by atoms with Gasteiger partial charge in [-0.25, -0.2) is 9.07 Å². The first-order valence-corrected chi connectivity index (χ1v) is 8.94. The Morgan fingerprint density at radius 3 is 2.90 bits per heavy atom. The van der Waals surface area contributed by atoms with Crippen LogP contribution in [-0.2, 0) is 16.1 Å². The SMILES string of the molecule is CS(=N)(=O)CCCCc1cn(-c2cc(Cl)ccc2F)nn1. The number of hydrogen-bond donors (Lipinski definition) is 1. The molecule has 0 amide bonds. The quantitative estimate of drug-likeness (QED) is 0.827. The third-order valence-electron chi connectivity index (χ3n) is 2.91. The van der Waals surface area contributed by atoms with Crippen LogP contribution in [0.5, 0.6) is 0 Å².